The van der Waals surface area contributed by atoms with E-state index in [1.807, 2.05) is 50.8 Å². The Morgan fingerprint density at radius 2 is 1.66 bits per heavy atom. The highest BCUT2D eigenvalue weighted by atomic mass is 16.4. The molecule has 3 heterocycles. The van der Waals surface area contributed by atoms with Crippen LogP contribution < -0.4 is 5.32 Å². The van der Waals surface area contributed by atoms with Crippen LogP contribution in [0.3, 0.4) is 0 Å². The lowest BCUT2D eigenvalue weighted by molar-refractivity contribution is -0.135. The molecule has 3 N–H and O–H groups in total. The molecule has 0 amide bonds. The largest absolute Gasteiger partial charge is 0.483 e. The number of rotatable bonds is 6. The summed E-state index contributed by atoms with van der Waals surface area (Å²) in [4.78, 5) is 28.5. The molecule has 0 unspecified atom stereocenters. The number of aromatic nitrogens is 6. The molecule has 11 heteroatoms. The van der Waals surface area contributed by atoms with Crippen molar-refractivity contribution in [2.45, 2.75) is 0 Å². The van der Waals surface area contributed by atoms with Crippen LogP contribution in [0.25, 0.3) is 33.6 Å². The third-order valence-electron chi connectivity index (χ3n) is 4.37. The van der Waals surface area contributed by atoms with E-state index in [9.17, 15) is 4.79 Å². The Hall–Kier alpha value is -4.54. The van der Waals surface area contributed by atoms with E-state index in [1.54, 1.807) is 28.0 Å². The smallest absolute Gasteiger partial charge is 0.322 e. The first-order valence-electron chi connectivity index (χ1n) is 9.40. The number of aliphatic carboxylic acids is 1. The van der Waals surface area contributed by atoms with E-state index in [4.69, 9.17) is 15.0 Å². The van der Waals surface area contributed by atoms with Crippen molar-refractivity contribution in [2.24, 2.45) is 14.1 Å². The highest BCUT2D eigenvalue weighted by molar-refractivity contribution is 5.79. The normalized spacial score (nSPS) is 10.2. The Bertz CT molecular complexity index is 1230. The second-order valence-corrected chi connectivity index (χ2v) is 6.69. The number of carboxylic acids is 1. The number of hydrogen-bond donors (Lipinski definition) is 3. The fourth-order valence-electron chi connectivity index (χ4n) is 2.99. The fraction of sp³-hybridized carbons (Fsp3) is 0.143. The first-order chi connectivity index (χ1) is 15.4. The van der Waals surface area contributed by atoms with Gasteiger partial charge < -0.3 is 15.5 Å². The predicted octanol–water partition coefficient (Wildman–Crippen LogP) is 2.14. The molecule has 4 aromatic rings. The summed E-state index contributed by atoms with van der Waals surface area (Å²) in [6, 6.07) is 7.82. The highest BCUT2D eigenvalue weighted by Gasteiger charge is 2.14. The van der Waals surface area contributed by atoms with E-state index >= 15 is 0 Å². The van der Waals surface area contributed by atoms with E-state index < -0.39 is 5.97 Å². The van der Waals surface area contributed by atoms with Gasteiger partial charge in [-0.3, -0.25) is 19.0 Å². The molecule has 0 atom stereocenters. The van der Waals surface area contributed by atoms with Crippen LogP contribution in [-0.2, 0) is 23.7 Å². The molecule has 4 rings (SSSR count). The van der Waals surface area contributed by atoms with Gasteiger partial charge in [0.15, 0.2) is 5.82 Å². The van der Waals surface area contributed by atoms with Gasteiger partial charge in [-0.1, -0.05) is 18.2 Å². The van der Waals surface area contributed by atoms with Gasteiger partial charge in [-0.15, -0.1) is 0 Å². The number of carboxylic acid groups (broad SMARTS) is 2. The summed E-state index contributed by atoms with van der Waals surface area (Å²) in [6.07, 6.45) is 8.93. The van der Waals surface area contributed by atoms with Gasteiger partial charge in [0.1, 0.15) is 12.4 Å². The maximum Gasteiger partial charge on any atom is 0.322 e. The lowest BCUT2D eigenvalue weighted by atomic mass is 10.1. The van der Waals surface area contributed by atoms with Crippen molar-refractivity contribution < 1.29 is 19.8 Å². The zero-order valence-electron chi connectivity index (χ0n) is 17.4. The SMILES string of the molecule is Cn1cc(-c2cccc(-c3ncc(-c4cnn(C)c4)c(NCC(=O)O)n3)c2)cn1.O=CO. The van der Waals surface area contributed by atoms with Crippen LogP contribution in [0.4, 0.5) is 5.82 Å². The van der Waals surface area contributed by atoms with Crippen LogP contribution in [0, 0.1) is 0 Å². The molecular formula is C21H21N7O4. The molecule has 1 aromatic carbocycles. The number of benzene rings is 1. The van der Waals surface area contributed by atoms with Crippen molar-refractivity contribution in [2.75, 3.05) is 11.9 Å². The van der Waals surface area contributed by atoms with Crippen LogP contribution in [0.1, 0.15) is 0 Å². The standard InChI is InChI=1S/C20H19N7O2.CH2O2/c1-26-11-15(7-23-26)13-4-3-5-14(6-13)19-21-9-17(16-8-24-27(2)12-16)20(25-19)22-10-18(28)29;2-1-3/h3-9,11-12H,10H2,1-2H3,(H,28,29)(H,21,22,25);1H,(H,2,3). The van der Waals surface area contributed by atoms with Gasteiger partial charge in [-0.05, 0) is 11.6 Å². The summed E-state index contributed by atoms with van der Waals surface area (Å²) in [5, 5.41) is 27.2. The van der Waals surface area contributed by atoms with Gasteiger partial charge in [0.2, 0.25) is 0 Å². The monoisotopic (exact) mass is 435 g/mol. The molecule has 32 heavy (non-hydrogen) atoms. The fourth-order valence-corrected chi connectivity index (χ4v) is 2.99. The van der Waals surface area contributed by atoms with Gasteiger partial charge in [0.25, 0.3) is 6.47 Å². The van der Waals surface area contributed by atoms with Crippen LogP contribution in [-0.4, -0.2) is 58.7 Å². The van der Waals surface area contributed by atoms with E-state index in [-0.39, 0.29) is 13.0 Å². The van der Waals surface area contributed by atoms with Crippen LogP contribution in [0.15, 0.2) is 55.2 Å². The maximum absolute atomic E-state index is 11.1. The quantitative estimate of drug-likeness (QED) is 0.387. The summed E-state index contributed by atoms with van der Waals surface area (Å²) < 4.78 is 3.41. The number of carbonyl (C=O) groups is 2. The number of anilines is 1. The Morgan fingerprint density at radius 3 is 2.25 bits per heavy atom. The molecule has 0 radical (unpaired) electrons. The highest BCUT2D eigenvalue weighted by Crippen LogP contribution is 2.29. The zero-order chi connectivity index (χ0) is 23.1. The summed E-state index contributed by atoms with van der Waals surface area (Å²) in [7, 11) is 3.68. The number of nitrogens with zero attached hydrogens (tertiary/aromatic N) is 6. The average molecular weight is 435 g/mol. The minimum Gasteiger partial charge on any atom is -0.483 e. The molecule has 3 aromatic heterocycles. The third-order valence-corrected chi connectivity index (χ3v) is 4.37. The van der Waals surface area contributed by atoms with Crippen LogP contribution >= 0.6 is 0 Å². The van der Waals surface area contributed by atoms with Crippen molar-refractivity contribution >= 4 is 18.3 Å². The molecule has 0 fully saturated rings. The maximum atomic E-state index is 11.1. The van der Waals surface area contributed by atoms with Gasteiger partial charge in [0, 0.05) is 54.9 Å². The molecule has 0 aliphatic heterocycles. The van der Waals surface area contributed by atoms with Crippen LogP contribution in [0.2, 0.25) is 0 Å². The topological polar surface area (TPSA) is 148 Å². The Balaban J connectivity index is 0.000000913. The van der Waals surface area contributed by atoms with Crippen molar-refractivity contribution in [3.63, 3.8) is 0 Å². The first kappa shape index (κ1) is 22.2. The number of aryl methyl sites for hydroxylation is 2. The van der Waals surface area contributed by atoms with E-state index in [0.717, 1.165) is 22.3 Å². The molecular weight excluding hydrogens is 414 g/mol. The van der Waals surface area contributed by atoms with E-state index in [2.05, 4.69) is 25.5 Å². The van der Waals surface area contributed by atoms with Gasteiger partial charge in [-0.25, -0.2) is 9.97 Å². The first-order valence-corrected chi connectivity index (χ1v) is 9.40. The third kappa shape index (κ3) is 5.33. The molecule has 164 valence electrons. The molecule has 0 saturated heterocycles. The minimum atomic E-state index is -0.971. The van der Waals surface area contributed by atoms with E-state index in [1.165, 1.54) is 0 Å². The molecule has 0 aliphatic rings. The van der Waals surface area contributed by atoms with Crippen molar-refractivity contribution in [1.29, 1.82) is 0 Å². The van der Waals surface area contributed by atoms with Crippen LogP contribution in [0.5, 0.6) is 0 Å². The Labute approximate surface area is 183 Å². The molecule has 0 spiro atoms. The van der Waals surface area contributed by atoms with Gasteiger partial charge in [0.05, 0.1) is 12.4 Å². The zero-order valence-corrected chi connectivity index (χ0v) is 17.4. The van der Waals surface area contributed by atoms with Crippen molar-refractivity contribution in [1.82, 2.24) is 29.5 Å². The Kier molecular flexibility index (Phi) is 6.91. The van der Waals surface area contributed by atoms with Crippen molar-refractivity contribution in [3.8, 4) is 33.6 Å². The minimum absolute atomic E-state index is 0.250. The second-order valence-electron chi connectivity index (χ2n) is 6.69. The molecule has 0 aliphatic carbocycles. The second kappa shape index (κ2) is 9.98. The van der Waals surface area contributed by atoms with Gasteiger partial charge in [-0.2, -0.15) is 10.2 Å². The molecule has 0 bridgehead atoms. The van der Waals surface area contributed by atoms with Crippen molar-refractivity contribution in [3.05, 3.63) is 55.2 Å². The average Bonchev–Trinajstić information content (AvgIpc) is 3.41. The molecule has 11 nitrogen and oxygen atoms in total. The lowest BCUT2D eigenvalue weighted by Gasteiger charge is -2.11. The molecule has 0 saturated carbocycles. The summed E-state index contributed by atoms with van der Waals surface area (Å²) in [5.74, 6) is -0.0330. The number of hydrogen-bond acceptors (Lipinski definition) is 7. The summed E-state index contributed by atoms with van der Waals surface area (Å²) in [5.41, 5.74) is 4.30. The van der Waals surface area contributed by atoms with Gasteiger partial charge >= 0.3 is 5.97 Å². The summed E-state index contributed by atoms with van der Waals surface area (Å²) >= 11 is 0. The summed E-state index contributed by atoms with van der Waals surface area (Å²) in [6.45, 7) is -0.501. The Morgan fingerprint density at radius 1 is 1.03 bits per heavy atom. The van der Waals surface area contributed by atoms with E-state index in [0.29, 0.717) is 17.2 Å². The predicted molar refractivity (Wildman–Crippen MR) is 117 cm³/mol. The number of nitrogens with one attached hydrogen (secondary N) is 1. The lowest BCUT2D eigenvalue weighted by Crippen LogP contribution is -2.14.